The number of nitrogens with one attached hydrogen (secondary N) is 1. The van der Waals surface area contributed by atoms with E-state index in [2.05, 4.69) is 11.4 Å². The van der Waals surface area contributed by atoms with Gasteiger partial charge in [0.05, 0.1) is 10.0 Å². The van der Waals surface area contributed by atoms with Crippen molar-refractivity contribution in [2.45, 2.75) is 38.5 Å². The summed E-state index contributed by atoms with van der Waals surface area (Å²) in [6, 6.07) is 5.97. The molecule has 1 N–H and O–H groups in total. The van der Waals surface area contributed by atoms with Gasteiger partial charge in [0.2, 0.25) is 0 Å². The molecular weight excluding hydrogens is 265 g/mol. The first-order chi connectivity index (χ1) is 8.67. The standard InChI is InChI=1S/C15H21Cl2N/c1-18-11-15(8-3-2-4-9-15)10-12-6-5-7-13(16)14(12)17/h5-7,18H,2-4,8-11H2,1H3. The number of hydrogen-bond acceptors (Lipinski definition) is 1. The molecule has 1 saturated carbocycles. The van der Waals surface area contributed by atoms with E-state index in [1.165, 1.54) is 37.7 Å². The van der Waals surface area contributed by atoms with Crippen LogP contribution in [0.5, 0.6) is 0 Å². The fourth-order valence-electron chi connectivity index (χ4n) is 3.18. The summed E-state index contributed by atoms with van der Waals surface area (Å²) in [6.07, 6.45) is 7.65. The van der Waals surface area contributed by atoms with Crippen molar-refractivity contribution in [1.29, 1.82) is 0 Å². The van der Waals surface area contributed by atoms with Gasteiger partial charge < -0.3 is 5.32 Å². The predicted molar refractivity (Wildman–Crippen MR) is 79.6 cm³/mol. The maximum Gasteiger partial charge on any atom is 0.0624 e. The zero-order valence-corrected chi connectivity index (χ0v) is 12.4. The molecule has 0 heterocycles. The summed E-state index contributed by atoms with van der Waals surface area (Å²) in [7, 11) is 2.04. The van der Waals surface area contributed by atoms with Crippen LogP contribution in [0, 0.1) is 5.41 Å². The first kappa shape index (κ1) is 14.2. The van der Waals surface area contributed by atoms with Crippen molar-refractivity contribution in [3.8, 4) is 0 Å². The van der Waals surface area contributed by atoms with Crippen LogP contribution in [0.1, 0.15) is 37.7 Å². The Morgan fingerprint density at radius 1 is 1.17 bits per heavy atom. The van der Waals surface area contributed by atoms with Crippen molar-refractivity contribution in [3.05, 3.63) is 33.8 Å². The van der Waals surface area contributed by atoms with E-state index < -0.39 is 0 Å². The normalized spacial score (nSPS) is 18.8. The van der Waals surface area contributed by atoms with Gasteiger partial charge in [0.15, 0.2) is 0 Å². The van der Waals surface area contributed by atoms with Crippen molar-refractivity contribution in [3.63, 3.8) is 0 Å². The molecular formula is C15H21Cl2N. The molecule has 1 aromatic carbocycles. The van der Waals surface area contributed by atoms with E-state index >= 15 is 0 Å². The molecule has 3 heteroatoms. The molecule has 0 radical (unpaired) electrons. The Kier molecular flexibility index (Phi) is 4.94. The minimum absolute atomic E-state index is 0.362. The molecule has 1 aliphatic carbocycles. The van der Waals surface area contributed by atoms with Crippen LogP contribution < -0.4 is 5.32 Å². The highest BCUT2D eigenvalue weighted by Crippen LogP contribution is 2.40. The van der Waals surface area contributed by atoms with Crippen LogP contribution in [0.3, 0.4) is 0 Å². The molecule has 0 bridgehead atoms. The van der Waals surface area contributed by atoms with E-state index in [0.717, 1.165) is 18.0 Å². The summed E-state index contributed by atoms with van der Waals surface area (Å²) >= 11 is 12.4. The second-order valence-corrected chi connectivity index (χ2v) is 6.27. The molecule has 0 saturated heterocycles. The van der Waals surface area contributed by atoms with Crippen LogP contribution in [-0.4, -0.2) is 13.6 Å². The fraction of sp³-hybridized carbons (Fsp3) is 0.600. The Morgan fingerprint density at radius 2 is 1.89 bits per heavy atom. The highest BCUT2D eigenvalue weighted by molar-refractivity contribution is 6.42. The van der Waals surface area contributed by atoms with Gasteiger partial charge in [-0.2, -0.15) is 0 Å². The van der Waals surface area contributed by atoms with Crippen molar-refractivity contribution in [1.82, 2.24) is 5.32 Å². The summed E-state index contributed by atoms with van der Waals surface area (Å²) in [6.45, 7) is 1.07. The molecule has 0 aromatic heterocycles. The SMILES string of the molecule is CNCC1(Cc2cccc(Cl)c2Cl)CCCCC1. The van der Waals surface area contributed by atoms with Gasteiger partial charge in [0.1, 0.15) is 0 Å². The molecule has 1 fully saturated rings. The molecule has 2 rings (SSSR count). The largest absolute Gasteiger partial charge is 0.319 e. The van der Waals surface area contributed by atoms with Crippen molar-refractivity contribution in [2.75, 3.05) is 13.6 Å². The summed E-state index contributed by atoms with van der Waals surface area (Å²) in [5.74, 6) is 0. The number of hydrogen-bond donors (Lipinski definition) is 1. The molecule has 0 unspecified atom stereocenters. The van der Waals surface area contributed by atoms with Gasteiger partial charge in [-0.15, -0.1) is 0 Å². The van der Waals surface area contributed by atoms with Gasteiger partial charge in [0, 0.05) is 6.54 Å². The first-order valence-corrected chi connectivity index (χ1v) is 7.50. The molecule has 0 atom stereocenters. The van der Waals surface area contributed by atoms with E-state index in [0.29, 0.717) is 10.4 Å². The quantitative estimate of drug-likeness (QED) is 0.845. The average Bonchev–Trinajstić information content (AvgIpc) is 2.36. The Balaban J connectivity index is 2.20. The highest BCUT2D eigenvalue weighted by Gasteiger charge is 2.32. The topological polar surface area (TPSA) is 12.0 Å². The maximum atomic E-state index is 6.32. The monoisotopic (exact) mass is 285 g/mol. The third-order valence-electron chi connectivity index (χ3n) is 4.06. The third kappa shape index (κ3) is 3.20. The Morgan fingerprint density at radius 3 is 2.56 bits per heavy atom. The third-order valence-corrected chi connectivity index (χ3v) is 4.92. The van der Waals surface area contributed by atoms with Crippen LogP contribution in [0.2, 0.25) is 10.0 Å². The second kappa shape index (κ2) is 6.27. The average molecular weight is 286 g/mol. The molecule has 1 aliphatic rings. The molecule has 100 valence electrons. The van der Waals surface area contributed by atoms with Crippen LogP contribution in [0.15, 0.2) is 18.2 Å². The summed E-state index contributed by atoms with van der Waals surface area (Å²) in [4.78, 5) is 0. The molecule has 0 amide bonds. The lowest BCUT2D eigenvalue weighted by atomic mass is 9.70. The van der Waals surface area contributed by atoms with Gasteiger partial charge >= 0.3 is 0 Å². The minimum Gasteiger partial charge on any atom is -0.319 e. The first-order valence-electron chi connectivity index (χ1n) is 6.74. The molecule has 1 aromatic rings. The van der Waals surface area contributed by atoms with Crippen LogP contribution in [-0.2, 0) is 6.42 Å². The fourth-order valence-corrected chi connectivity index (χ4v) is 3.57. The van der Waals surface area contributed by atoms with Crippen molar-refractivity contribution in [2.24, 2.45) is 5.41 Å². The van der Waals surface area contributed by atoms with E-state index in [4.69, 9.17) is 23.2 Å². The zero-order chi connectivity index (χ0) is 13.0. The minimum atomic E-state index is 0.362. The van der Waals surface area contributed by atoms with E-state index in [9.17, 15) is 0 Å². The van der Waals surface area contributed by atoms with Gasteiger partial charge in [0.25, 0.3) is 0 Å². The van der Waals surface area contributed by atoms with Crippen LogP contribution in [0.4, 0.5) is 0 Å². The van der Waals surface area contributed by atoms with Crippen molar-refractivity contribution < 1.29 is 0 Å². The van der Waals surface area contributed by atoms with Gasteiger partial charge in [-0.05, 0) is 43.4 Å². The van der Waals surface area contributed by atoms with E-state index in [1.807, 2.05) is 19.2 Å². The van der Waals surface area contributed by atoms with E-state index in [1.54, 1.807) is 0 Å². The number of rotatable bonds is 4. The predicted octanol–water partition coefficient (Wildman–Crippen LogP) is 4.71. The van der Waals surface area contributed by atoms with Crippen LogP contribution >= 0.6 is 23.2 Å². The highest BCUT2D eigenvalue weighted by atomic mass is 35.5. The van der Waals surface area contributed by atoms with E-state index in [-0.39, 0.29) is 0 Å². The summed E-state index contributed by atoms with van der Waals surface area (Å²) in [5.41, 5.74) is 1.56. The Hall–Kier alpha value is -0.240. The number of benzene rings is 1. The lowest BCUT2D eigenvalue weighted by Gasteiger charge is -2.37. The molecule has 1 nitrogen and oxygen atoms in total. The molecule has 18 heavy (non-hydrogen) atoms. The van der Waals surface area contributed by atoms with Gasteiger partial charge in [-0.3, -0.25) is 0 Å². The molecule has 0 spiro atoms. The summed E-state index contributed by atoms with van der Waals surface area (Å²) < 4.78 is 0. The zero-order valence-electron chi connectivity index (χ0n) is 10.9. The smallest absolute Gasteiger partial charge is 0.0624 e. The van der Waals surface area contributed by atoms with Crippen LogP contribution in [0.25, 0.3) is 0 Å². The Labute approximate surface area is 120 Å². The number of halogens is 2. The molecule has 0 aliphatic heterocycles. The van der Waals surface area contributed by atoms with Crippen molar-refractivity contribution >= 4 is 23.2 Å². The van der Waals surface area contributed by atoms with Gasteiger partial charge in [-0.25, -0.2) is 0 Å². The maximum absolute atomic E-state index is 6.32. The lowest BCUT2D eigenvalue weighted by Crippen LogP contribution is -2.36. The summed E-state index contributed by atoms with van der Waals surface area (Å²) in [5, 5.41) is 4.76. The Bertz CT molecular complexity index is 392. The van der Waals surface area contributed by atoms with Gasteiger partial charge in [-0.1, -0.05) is 54.6 Å². The second-order valence-electron chi connectivity index (χ2n) is 5.48. The lowest BCUT2D eigenvalue weighted by molar-refractivity contribution is 0.185.